The Labute approximate surface area is 105 Å². The predicted octanol–water partition coefficient (Wildman–Crippen LogP) is 3.44. The van der Waals surface area contributed by atoms with Crippen molar-refractivity contribution in [2.75, 3.05) is 0 Å². The van der Waals surface area contributed by atoms with Gasteiger partial charge in [-0.3, -0.25) is 0 Å². The Hall–Kier alpha value is -1.06. The number of para-hydroxylation sites is 1. The topological polar surface area (TPSA) is 9.23 Å². The summed E-state index contributed by atoms with van der Waals surface area (Å²) in [6, 6.07) is 20.2. The van der Waals surface area contributed by atoms with Crippen molar-refractivity contribution < 1.29 is 4.43 Å². The van der Waals surface area contributed by atoms with Crippen molar-refractivity contribution in [3.63, 3.8) is 0 Å². The Morgan fingerprint density at radius 3 is 1.94 bits per heavy atom. The van der Waals surface area contributed by atoms with Crippen molar-refractivity contribution in [2.45, 2.75) is 6.55 Å². The molecule has 0 amide bonds. The van der Waals surface area contributed by atoms with Gasteiger partial charge in [0.25, 0.3) is 0 Å². The van der Waals surface area contributed by atoms with Gasteiger partial charge < -0.3 is 4.43 Å². The summed E-state index contributed by atoms with van der Waals surface area (Å²) in [6.07, 6.45) is 0. The second-order valence-corrected chi connectivity index (χ2v) is 10.9. The summed E-state index contributed by atoms with van der Waals surface area (Å²) >= 11 is 3.74. The van der Waals surface area contributed by atoms with Crippen molar-refractivity contribution in [2.24, 2.45) is 0 Å². The Morgan fingerprint density at radius 2 is 1.38 bits per heavy atom. The largest absolute Gasteiger partial charge is 0.529 e. The lowest BCUT2D eigenvalue weighted by Gasteiger charge is -2.22. The van der Waals surface area contributed by atoms with E-state index in [1.54, 1.807) is 0 Å². The molecular formula is C13H13BrOSi. The van der Waals surface area contributed by atoms with E-state index in [2.05, 4.69) is 34.0 Å². The zero-order chi connectivity index (χ0) is 11.4. The number of rotatable bonds is 3. The van der Waals surface area contributed by atoms with Gasteiger partial charge in [0.2, 0.25) is 0 Å². The molecule has 1 atom stereocenters. The van der Waals surface area contributed by atoms with Gasteiger partial charge in [-0.1, -0.05) is 63.8 Å². The minimum atomic E-state index is -2.01. The smallest absolute Gasteiger partial charge is 0.350 e. The summed E-state index contributed by atoms with van der Waals surface area (Å²) in [7, 11) is 0. The molecule has 3 heteroatoms. The molecule has 82 valence electrons. The van der Waals surface area contributed by atoms with Gasteiger partial charge in [0, 0.05) is 0 Å². The molecular weight excluding hydrogens is 280 g/mol. The number of hydrogen-bond acceptors (Lipinski definition) is 1. The van der Waals surface area contributed by atoms with Crippen LogP contribution < -0.4 is 9.61 Å². The quantitative estimate of drug-likeness (QED) is 0.622. The number of benzene rings is 2. The molecule has 0 spiro atoms. The zero-order valence-corrected chi connectivity index (χ0v) is 11.6. The van der Waals surface area contributed by atoms with Crippen LogP contribution in [-0.4, -0.2) is 6.94 Å². The first-order valence-electron chi connectivity index (χ1n) is 5.17. The normalized spacial score (nSPS) is 14.1. The van der Waals surface area contributed by atoms with Crippen molar-refractivity contribution in [3.05, 3.63) is 60.7 Å². The monoisotopic (exact) mass is 292 g/mol. The molecule has 0 heterocycles. The van der Waals surface area contributed by atoms with Gasteiger partial charge in [0.1, 0.15) is 5.75 Å². The van der Waals surface area contributed by atoms with Crippen LogP contribution in [0, 0.1) is 0 Å². The molecule has 0 saturated heterocycles. The van der Waals surface area contributed by atoms with Crippen LogP contribution in [0.15, 0.2) is 60.7 Å². The van der Waals surface area contributed by atoms with Crippen LogP contribution in [0.2, 0.25) is 6.55 Å². The Kier molecular flexibility index (Phi) is 3.46. The summed E-state index contributed by atoms with van der Waals surface area (Å²) in [5, 5.41) is 1.24. The first-order chi connectivity index (χ1) is 7.68. The van der Waals surface area contributed by atoms with E-state index in [1.807, 2.05) is 48.5 Å². The molecule has 0 fully saturated rings. The molecule has 2 aromatic rings. The van der Waals surface area contributed by atoms with Crippen molar-refractivity contribution in [3.8, 4) is 5.75 Å². The SMILES string of the molecule is C[Si](Br)(Oc1ccccc1)c1ccccc1. The van der Waals surface area contributed by atoms with Crippen molar-refractivity contribution in [1.29, 1.82) is 0 Å². The summed E-state index contributed by atoms with van der Waals surface area (Å²) in [6.45, 7) is 0.127. The van der Waals surface area contributed by atoms with Gasteiger partial charge in [0.05, 0.1) is 0 Å². The molecule has 1 unspecified atom stereocenters. The fourth-order valence-electron chi connectivity index (χ4n) is 1.50. The lowest BCUT2D eigenvalue weighted by molar-refractivity contribution is 0.581. The van der Waals surface area contributed by atoms with Gasteiger partial charge in [-0.05, 0) is 23.9 Å². The summed E-state index contributed by atoms with van der Waals surface area (Å²) in [4.78, 5) is 0. The van der Waals surface area contributed by atoms with Gasteiger partial charge >= 0.3 is 6.94 Å². The third kappa shape index (κ3) is 2.74. The molecule has 0 bridgehead atoms. The molecule has 0 aliphatic rings. The highest BCUT2D eigenvalue weighted by Crippen LogP contribution is 2.19. The van der Waals surface area contributed by atoms with Gasteiger partial charge in [-0.25, -0.2) is 0 Å². The first-order valence-corrected chi connectivity index (χ1v) is 9.83. The first kappa shape index (κ1) is 11.4. The molecule has 2 rings (SSSR count). The van der Waals surface area contributed by atoms with Crippen molar-refractivity contribution in [1.82, 2.24) is 0 Å². The van der Waals surface area contributed by atoms with Crippen LogP contribution in [-0.2, 0) is 0 Å². The number of halogens is 1. The molecule has 0 aliphatic carbocycles. The lowest BCUT2D eigenvalue weighted by Crippen LogP contribution is -2.44. The van der Waals surface area contributed by atoms with Crippen LogP contribution in [0.1, 0.15) is 0 Å². The minimum Gasteiger partial charge on any atom is -0.529 e. The van der Waals surface area contributed by atoms with E-state index in [0.29, 0.717) is 0 Å². The van der Waals surface area contributed by atoms with Crippen LogP contribution >= 0.6 is 15.3 Å². The van der Waals surface area contributed by atoms with Crippen LogP contribution in [0.5, 0.6) is 5.75 Å². The fraction of sp³-hybridized carbons (Fsp3) is 0.0769. The second kappa shape index (κ2) is 4.85. The Balaban J connectivity index is 2.21. The lowest BCUT2D eigenvalue weighted by atomic mass is 10.3. The van der Waals surface area contributed by atoms with Crippen LogP contribution in [0.3, 0.4) is 0 Å². The van der Waals surface area contributed by atoms with E-state index in [0.717, 1.165) is 5.75 Å². The zero-order valence-electron chi connectivity index (χ0n) is 9.06. The van der Waals surface area contributed by atoms with E-state index >= 15 is 0 Å². The standard InChI is InChI=1S/C13H13BrOSi/c1-16(14,13-10-6-3-7-11-13)15-12-8-4-2-5-9-12/h2-11H,1H3. The third-order valence-electron chi connectivity index (χ3n) is 2.34. The van der Waals surface area contributed by atoms with Crippen LogP contribution in [0.4, 0.5) is 0 Å². The molecule has 16 heavy (non-hydrogen) atoms. The Bertz CT molecular complexity index is 442. The van der Waals surface area contributed by atoms with Crippen molar-refractivity contribution >= 4 is 27.4 Å². The molecule has 0 radical (unpaired) electrons. The molecule has 0 aliphatic heterocycles. The molecule has 2 aromatic carbocycles. The minimum absolute atomic E-state index is 0.914. The maximum Gasteiger partial charge on any atom is 0.350 e. The highest BCUT2D eigenvalue weighted by molar-refractivity contribution is 9.26. The van der Waals surface area contributed by atoms with E-state index in [9.17, 15) is 0 Å². The second-order valence-electron chi connectivity index (χ2n) is 3.70. The fourth-order valence-corrected chi connectivity index (χ4v) is 4.34. The van der Waals surface area contributed by atoms with E-state index in [1.165, 1.54) is 5.19 Å². The van der Waals surface area contributed by atoms with Crippen LogP contribution in [0.25, 0.3) is 0 Å². The molecule has 0 N–H and O–H groups in total. The summed E-state index contributed by atoms with van der Waals surface area (Å²) in [5.74, 6) is 0.914. The average molecular weight is 293 g/mol. The average Bonchev–Trinajstić information content (AvgIpc) is 2.31. The maximum atomic E-state index is 6.04. The molecule has 0 saturated carbocycles. The maximum absolute atomic E-state index is 6.04. The Morgan fingerprint density at radius 1 is 0.875 bits per heavy atom. The highest BCUT2D eigenvalue weighted by Gasteiger charge is 2.29. The van der Waals surface area contributed by atoms with Gasteiger partial charge in [0.15, 0.2) is 0 Å². The molecule has 0 aromatic heterocycles. The highest BCUT2D eigenvalue weighted by atomic mass is 79.9. The third-order valence-corrected chi connectivity index (χ3v) is 6.18. The summed E-state index contributed by atoms with van der Waals surface area (Å²) < 4.78 is 6.04. The number of hydrogen-bond donors (Lipinski definition) is 0. The molecule has 1 nitrogen and oxygen atoms in total. The summed E-state index contributed by atoms with van der Waals surface area (Å²) in [5.41, 5.74) is 0. The predicted molar refractivity (Wildman–Crippen MR) is 73.7 cm³/mol. The van der Waals surface area contributed by atoms with Gasteiger partial charge in [-0.2, -0.15) is 0 Å². The van der Waals surface area contributed by atoms with E-state index < -0.39 is 6.94 Å². The van der Waals surface area contributed by atoms with Gasteiger partial charge in [-0.15, -0.1) is 0 Å². The van der Waals surface area contributed by atoms with E-state index in [4.69, 9.17) is 4.43 Å². The van der Waals surface area contributed by atoms with E-state index in [-0.39, 0.29) is 0 Å².